The van der Waals surface area contributed by atoms with E-state index in [1.54, 1.807) is 4.90 Å². The first kappa shape index (κ1) is 18.9. The number of hydrogen-bond acceptors (Lipinski definition) is 6. The van der Waals surface area contributed by atoms with Crippen molar-refractivity contribution < 1.29 is 28.2 Å². The van der Waals surface area contributed by atoms with Gasteiger partial charge in [0.25, 0.3) is 0 Å². The zero-order valence-corrected chi connectivity index (χ0v) is 15.5. The van der Waals surface area contributed by atoms with Gasteiger partial charge in [0.2, 0.25) is 0 Å². The number of fused-ring (bicyclic) bond motifs is 2. The van der Waals surface area contributed by atoms with E-state index in [0.717, 1.165) is 29.3 Å². The Morgan fingerprint density at radius 2 is 1.80 bits per heavy atom. The molecule has 2 aromatic rings. The van der Waals surface area contributed by atoms with E-state index in [4.69, 9.17) is 5.73 Å². The van der Waals surface area contributed by atoms with Gasteiger partial charge in [-0.15, -0.1) is 0 Å². The molecule has 7 nitrogen and oxygen atoms in total. The number of carbonyl (C=O) groups is 1. The van der Waals surface area contributed by atoms with Gasteiger partial charge in [0.05, 0.1) is 11.3 Å². The smallest absolute Gasteiger partial charge is 0.336 e. The third-order valence-corrected chi connectivity index (χ3v) is 6.03. The van der Waals surface area contributed by atoms with Gasteiger partial charge in [0, 0.05) is 37.0 Å². The molecular weight excluding hydrogens is 401 g/mol. The number of rotatable bonds is 3. The lowest BCUT2D eigenvalue weighted by Crippen LogP contribution is -2.31. The van der Waals surface area contributed by atoms with E-state index in [9.17, 15) is 28.2 Å². The summed E-state index contributed by atoms with van der Waals surface area (Å²) in [7, 11) is 0. The highest BCUT2D eigenvalue weighted by Gasteiger charge is 2.54. The monoisotopic (exact) mass is 418 g/mol. The number of nitrogens with two attached hydrogens (primary N) is 1. The second-order valence-electron chi connectivity index (χ2n) is 7.77. The molecule has 1 saturated carbocycles. The van der Waals surface area contributed by atoms with Gasteiger partial charge >= 0.3 is 5.97 Å². The molecule has 30 heavy (non-hydrogen) atoms. The Morgan fingerprint density at radius 1 is 1.10 bits per heavy atom. The third-order valence-electron chi connectivity index (χ3n) is 6.03. The van der Waals surface area contributed by atoms with Gasteiger partial charge in [-0.05, 0) is 30.0 Å². The molecule has 1 aromatic heterocycles. The maximum Gasteiger partial charge on any atom is 0.336 e. The molecule has 4 atom stereocenters. The van der Waals surface area contributed by atoms with Crippen molar-refractivity contribution >= 4 is 23.3 Å². The number of aliphatic carboxylic acids is 1. The molecule has 1 saturated heterocycles. The van der Waals surface area contributed by atoms with Gasteiger partial charge in [-0.3, -0.25) is 4.90 Å². The van der Waals surface area contributed by atoms with E-state index in [1.165, 1.54) is 0 Å². The van der Waals surface area contributed by atoms with Crippen LogP contribution in [-0.2, 0) is 4.79 Å². The van der Waals surface area contributed by atoms with E-state index in [-0.39, 0.29) is 40.8 Å². The summed E-state index contributed by atoms with van der Waals surface area (Å²) in [4.78, 5) is 18.7. The van der Waals surface area contributed by atoms with Gasteiger partial charge in [-0.25, -0.2) is 22.9 Å². The van der Waals surface area contributed by atoms with E-state index >= 15 is 0 Å². The van der Waals surface area contributed by atoms with Crippen molar-refractivity contribution in [2.24, 2.45) is 17.6 Å². The fourth-order valence-corrected chi connectivity index (χ4v) is 4.32. The molecule has 1 aromatic carbocycles. The largest absolute Gasteiger partial charge is 0.478 e. The fourth-order valence-electron chi connectivity index (χ4n) is 4.32. The van der Waals surface area contributed by atoms with Gasteiger partial charge in [-0.2, -0.15) is 0 Å². The summed E-state index contributed by atoms with van der Waals surface area (Å²) in [5.74, 6) is -3.45. The molecule has 2 aliphatic heterocycles. The molecule has 2 fully saturated rings. The Kier molecular flexibility index (Phi) is 4.06. The molecule has 1 aliphatic carbocycles. The van der Waals surface area contributed by atoms with Gasteiger partial charge in [0.1, 0.15) is 23.6 Å². The lowest BCUT2D eigenvalue weighted by molar-refractivity contribution is -0.133. The molecule has 10 heteroatoms. The van der Waals surface area contributed by atoms with Crippen LogP contribution in [0.5, 0.6) is 0 Å². The number of carboxylic acids is 1. The van der Waals surface area contributed by atoms with Crippen LogP contribution in [0.4, 0.5) is 30.5 Å². The molecule has 0 spiro atoms. The zero-order valence-electron chi connectivity index (χ0n) is 15.5. The predicted octanol–water partition coefficient (Wildman–Crippen LogP) is 2.05. The summed E-state index contributed by atoms with van der Waals surface area (Å²) in [6, 6.07) is 3.88. The molecule has 2 unspecified atom stereocenters. The highest BCUT2D eigenvalue weighted by Crippen LogP contribution is 2.47. The van der Waals surface area contributed by atoms with Crippen LogP contribution < -0.4 is 15.5 Å². The molecule has 156 valence electrons. The van der Waals surface area contributed by atoms with Crippen molar-refractivity contribution in [3.8, 4) is 0 Å². The highest BCUT2D eigenvalue weighted by atomic mass is 19.1. The first-order valence-corrected chi connectivity index (χ1v) is 9.34. The number of hydrogen-bond donors (Lipinski definition) is 3. The van der Waals surface area contributed by atoms with Gasteiger partial charge in [0.15, 0.2) is 11.6 Å². The maximum absolute atomic E-state index is 14.9. The topological polar surface area (TPSA) is 103 Å². The van der Waals surface area contributed by atoms with Crippen molar-refractivity contribution in [2.45, 2.75) is 12.1 Å². The van der Waals surface area contributed by atoms with E-state index in [2.05, 4.69) is 4.98 Å². The number of aliphatic hydroxyl groups excluding tert-OH is 1. The van der Waals surface area contributed by atoms with E-state index in [0.29, 0.717) is 19.2 Å². The lowest BCUT2D eigenvalue weighted by atomic mass is 9.98. The Labute approximate surface area is 168 Å². The summed E-state index contributed by atoms with van der Waals surface area (Å²) in [5.41, 5.74) is 5.13. The number of pyridine rings is 1. The normalized spacial score (nSPS) is 26.9. The summed E-state index contributed by atoms with van der Waals surface area (Å²) in [5, 5.41) is 19.9. The Balaban J connectivity index is 1.64. The second-order valence-corrected chi connectivity index (χ2v) is 7.77. The Hall–Kier alpha value is -3.11. The van der Waals surface area contributed by atoms with Crippen LogP contribution in [0.2, 0.25) is 0 Å². The van der Waals surface area contributed by atoms with Crippen LogP contribution in [0, 0.1) is 29.3 Å². The first-order valence-electron chi connectivity index (χ1n) is 9.34. The standard InChI is InChI=1S/C20H17F3N4O3/c21-8-1-2-15(13(22)3-8)27-7-12(20(29)30)17(28)9-4-14(23)19(25-18(9)27)26-5-10-11(6-26)16(10)24/h1-4,7,10-11,16-17,28H,5-6,24H2,(H,29,30)/t10-,11+,16?,17?. The van der Waals surface area contributed by atoms with Crippen LogP contribution in [0.3, 0.4) is 0 Å². The number of aliphatic hydroxyl groups is 1. The van der Waals surface area contributed by atoms with Crippen LogP contribution in [0.15, 0.2) is 36.0 Å². The number of piperidine rings is 1. The third kappa shape index (κ3) is 2.75. The molecule has 3 aliphatic rings. The van der Waals surface area contributed by atoms with Crippen molar-refractivity contribution in [1.29, 1.82) is 0 Å². The molecule has 5 rings (SSSR count). The summed E-state index contributed by atoms with van der Waals surface area (Å²) in [6.45, 7) is 1.05. The minimum absolute atomic E-state index is 0.0139. The van der Waals surface area contributed by atoms with E-state index in [1.807, 2.05) is 0 Å². The highest BCUT2D eigenvalue weighted by molar-refractivity contribution is 5.91. The van der Waals surface area contributed by atoms with E-state index < -0.39 is 35.1 Å². The molecule has 4 N–H and O–H groups in total. The number of nitrogens with zero attached hydrogens (tertiary/aromatic N) is 3. The fraction of sp³-hybridized carbons (Fsp3) is 0.300. The average molecular weight is 418 g/mol. The van der Waals surface area contributed by atoms with Crippen molar-refractivity contribution in [2.75, 3.05) is 22.9 Å². The number of benzene rings is 1. The SMILES string of the molecule is NC1[C@H]2CN(c3nc4c(cc3F)C(O)C(C(=O)O)=CN4c3ccc(F)cc3F)C[C@@H]12. The van der Waals surface area contributed by atoms with Crippen LogP contribution in [0.1, 0.15) is 11.7 Å². The Bertz CT molecular complexity index is 1100. The zero-order chi connectivity index (χ0) is 21.3. The van der Waals surface area contributed by atoms with Crippen molar-refractivity contribution in [3.63, 3.8) is 0 Å². The molecular formula is C20H17F3N4O3. The van der Waals surface area contributed by atoms with Crippen molar-refractivity contribution in [3.05, 3.63) is 59.1 Å². The number of anilines is 3. The predicted molar refractivity (Wildman–Crippen MR) is 101 cm³/mol. The van der Waals surface area contributed by atoms with Gasteiger partial charge in [-0.1, -0.05) is 0 Å². The molecule has 0 bridgehead atoms. The first-order chi connectivity index (χ1) is 14.3. The molecule has 0 amide bonds. The number of carboxylic acid groups (broad SMARTS) is 1. The minimum Gasteiger partial charge on any atom is -0.478 e. The lowest BCUT2D eigenvalue weighted by Gasteiger charge is -2.32. The summed E-state index contributed by atoms with van der Waals surface area (Å²) < 4.78 is 42.7. The molecule has 0 radical (unpaired) electrons. The summed E-state index contributed by atoms with van der Waals surface area (Å²) >= 11 is 0. The quantitative estimate of drug-likeness (QED) is 0.701. The van der Waals surface area contributed by atoms with Crippen LogP contribution in [0.25, 0.3) is 0 Å². The van der Waals surface area contributed by atoms with Crippen molar-refractivity contribution in [1.82, 2.24) is 4.98 Å². The van der Waals surface area contributed by atoms with Gasteiger partial charge < -0.3 is 20.8 Å². The number of halogens is 3. The minimum atomic E-state index is -1.66. The summed E-state index contributed by atoms with van der Waals surface area (Å²) in [6.07, 6.45) is -0.647. The molecule has 3 heterocycles. The van der Waals surface area contributed by atoms with Crippen LogP contribution >= 0.6 is 0 Å². The number of aromatic nitrogens is 1. The van der Waals surface area contributed by atoms with Crippen LogP contribution in [-0.4, -0.2) is 40.3 Å². The average Bonchev–Trinajstić information content (AvgIpc) is 3.10. The maximum atomic E-state index is 14.9. The Morgan fingerprint density at radius 3 is 2.43 bits per heavy atom. The second kappa shape index (κ2) is 6.44.